The monoisotopic (exact) mass is 532 g/mol. The van der Waals surface area contributed by atoms with E-state index in [2.05, 4.69) is 30.0 Å². The van der Waals surface area contributed by atoms with Crippen LogP contribution in [0.1, 0.15) is 11.3 Å². The van der Waals surface area contributed by atoms with Gasteiger partial charge in [0.05, 0.1) is 36.6 Å². The molecule has 0 aliphatic rings. The average molecular weight is 532 g/mol. The Bertz CT molecular complexity index is 1630. The molecule has 0 fully saturated rings. The number of methoxy groups -OCH3 is 2. The number of aromatic nitrogens is 4. The van der Waals surface area contributed by atoms with E-state index in [9.17, 15) is 22.8 Å². The smallest absolute Gasteiger partial charge is 0.491 e. The lowest BCUT2D eigenvalue weighted by molar-refractivity contribution is -0.189. The van der Waals surface area contributed by atoms with Gasteiger partial charge >= 0.3 is 12.1 Å². The molecular formula is C24H23F3N6O5. The zero-order chi connectivity index (χ0) is 27.9. The van der Waals surface area contributed by atoms with Gasteiger partial charge < -0.3 is 19.1 Å². The van der Waals surface area contributed by atoms with E-state index in [0.717, 1.165) is 0 Å². The Balaban J connectivity index is 1.84. The minimum absolute atomic E-state index is 0.0238. The van der Waals surface area contributed by atoms with Gasteiger partial charge in [0, 0.05) is 25.5 Å². The molecule has 0 amide bonds. The van der Waals surface area contributed by atoms with Gasteiger partial charge in [-0.2, -0.15) is 13.2 Å². The first-order valence-corrected chi connectivity index (χ1v) is 11.0. The first-order chi connectivity index (χ1) is 17.8. The normalized spacial score (nSPS) is 11.5. The molecule has 0 spiro atoms. The zero-order valence-electron chi connectivity index (χ0n) is 21.2. The largest absolute Gasteiger partial charge is 0.493 e. The number of aromatic amines is 1. The number of esters is 1. The number of halogens is 3. The second-order valence-electron chi connectivity index (χ2n) is 8.44. The van der Waals surface area contributed by atoms with Crippen molar-refractivity contribution in [2.75, 3.05) is 38.5 Å². The molecule has 4 rings (SSSR count). The number of H-pyrrole nitrogens is 1. The van der Waals surface area contributed by atoms with Crippen LogP contribution in [0.25, 0.3) is 21.8 Å². The summed E-state index contributed by atoms with van der Waals surface area (Å²) in [5.41, 5.74) is 0.855. The average Bonchev–Trinajstić information content (AvgIpc) is 2.84. The van der Waals surface area contributed by atoms with Crippen molar-refractivity contribution < 1.29 is 32.2 Å². The Kier molecular flexibility index (Phi) is 6.74. The van der Waals surface area contributed by atoms with Gasteiger partial charge in [-0.3, -0.25) is 15.1 Å². The third-order valence-electron chi connectivity index (χ3n) is 5.64. The van der Waals surface area contributed by atoms with Gasteiger partial charge in [0.2, 0.25) is 11.9 Å². The maximum atomic E-state index is 13.1. The van der Waals surface area contributed by atoms with E-state index in [0.29, 0.717) is 33.7 Å². The highest BCUT2D eigenvalue weighted by Gasteiger charge is 2.42. The van der Waals surface area contributed by atoms with E-state index in [4.69, 9.17) is 9.47 Å². The first-order valence-electron chi connectivity index (χ1n) is 11.0. The summed E-state index contributed by atoms with van der Waals surface area (Å²) >= 11 is 0. The van der Waals surface area contributed by atoms with Gasteiger partial charge in [-0.25, -0.2) is 19.7 Å². The molecule has 200 valence electrons. The molecule has 0 saturated heterocycles. The highest BCUT2D eigenvalue weighted by atomic mass is 19.4. The fourth-order valence-electron chi connectivity index (χ4n) is 3.85. The number of anilines is 3. The molecule has 2 aromatic heterocycles. The van der Waals surface area contributed by atoms with E-state index in [-0.39, 0.29) is 28.5 Å². The lowest BCUT2D eigenvalue weighted by Gasteiger charge is -2.20. The van der Waals surface area contributed by atoms with Crippen molar-refractivity contribution >= 4 is 45.4 Å². The van der Waals surface area contributed by atoms with Crippen LogP contribution in [0.3, 0.4) is 0 Å². The molecule has 0 saturated carbocycles. The summed E-state index contributed by atoms with van der Waals surface area (Å²) in [4.78, 5) is 41.8. The number of alkyl halides is 3. The van der Waals surface area contributed by atoms with Crippen LogP contribution in [-0.4, -0.2) is 60.4 Å². The topological polar surface area (TPSA) is 132 Å². The number of ether oxygens (including phenoxy) is 3. The minimum atomic E-state index is -5.26. The lowest BCUT2D eigenvalue weighted by Crippen LogP contribution is -2.29. The summed E-state index contributed by atoms with van der Waals surface area (Å²) in [5.74, 6) is -2.04. The van der Waals surface area contributed by atoms with E-state index >= 15 is 0 Å². The predicted octanol–water partition coefficient (Wildman–Crippen LogP) is 3.78. The number of aryl methyl sites for hydroxylation is 2. The maximum Gasteiger partial charge on any atom is 0.491 e. The molecule has 4 aromatic rings. The number of benzene rings is 2. The summed E-state index contributed by atoms with van der Waals surface area (Å²) in [6.45, 7) is 3.38. The number of hydrogen-bond acceptors (Lipinski definition) is 10. The van der Waals surface area contributed by atoms with Crippen molar-refractivity contribution in [2.24, 2.45) is 0 Å². The number of fused-ring (bicyclic) bond motifs is 2. The van der Waals surface area contributed by atoms with Crippen LogP contribution in [0.2, 0.25) is 0 Å². The fraction of sp³-hybridized carbons (Fsp3) is 0.292. The summed E-state index contributed by atoms with van der Waals surface area (Å²) in [5, 5.41) is 3.22. The Labute approximate surface area is 213 Å². The molecule has 0 aliphatic carbocycles. The van der Waals surface area contributed by atoms with Crippen LogP contribution in [-0.2, 0) is 4.79 Å². The third kappa shape index (κ3) is 4.84. The van der Waals surface area contributed by atoms with E-state index < -0.39 is 23.5 Å². The summed E-state index contributed by atoms with van der Waals surface area (Å²) in [6.07, 6.45) is -5.26. The highest BCUT2D eigenvalue weighted by molar-refractivity contribution is 5.96. The molecule has 11 nitrogen and oxygen atoms in total. The first kappa shape index (κ1) is 26.4. The van der Waals surface area contributed by atoms with Gasteiger partial charge in [-0.1, -0.05) is 0 Å². The molecule has 0 unspecified atom stereocenters. The molecule has 2 N–H and O–H groups in total. The predicted molar refractivity (Wildman–Crippen MR) is 134 cm³/mol. The molecule has 0 radical (unpaired) electrons. The van der Waals surface area contributed by atoms with Crippen LogP contribution in [0.4, 0.5) is 30.8 Å². The Morgan fingerprint density at radius 1 is 1.03 bits per heavy atom. The van der Waals surface area contributed by atoms with Crippen LogP contribution in [0.15, 0.2) is 23.0 Å². The second kappa shape index (κ2) is 9.68. The molecule has 0 aliphatic heterocycles. The van der Waals surface area contributed by atoms with Gasteiger partial charge in [0.25, 0.3) is 5.56 Å². The minimum Gasteiger partial charge on any atom is -0.493 e. The summed E-state index contributed by atoms with van der Waals surface area (Å²) in [7, 11) is 6.07. The van der Waals surface area contributed by atoms with Crippen molar-refractivity contribution in [1.29, 1.82) is 0 Å². The molecule has 0 bridgehead atoms. The van der Waals surface area contributed by atoms with Crippen molar-refractivity contribution in [3.63, 3.8) is 0 Å². The number of carbonyl (C=O) groups is 1. The highest BCUT2D eigenvalue weighted by Crippen LogP contribution is 2.37. The van der Waals surface area contributed by atoms with Gasteiger partial charge in [-0.05, 0) is 31.5 Å². The third-order valence-corrected chi connectivity index (χ3v) is 5.64. The van der Waals surface area contributed by atoms with E-state index in [1.54, 1.807) is 26.0 Å². The zero-order valence-corrected chi connectivity index (χ0v) is 21.2. The van der Waals surface area contributed by atoms with Gasteiger partial charge in [0.15, 0.2) is 17.2 Å². The fourth-order valence-corrected chi connectivity index (χ4v) is 3.85. The number of nitrogens with one attached hydrogen (secondary N) is 2. The Morgan fingerprint density at radius 3 is 2.29 bits per heavy atom. The van der Waals surface area contributed by atoms with Crippen LogP contribution >= 0.6 is 0 Å². The maximum absolute atomic E-state index is 13.1. The Hall–Kier alpha value is -4.62. The second-order valence-corrected chi connectivity index (χ2v) is 8.44. The van der Waals surface area contributed by atoms with Crippen molar-refractivity contribution in [1.82, 2.24) is 19.9 Å². The quantitative estimate of drug-likeness (QED) is 0.279. The summed E-state index contributed by atoms with van der Waals surface area (Å²) < 4.78 is 54.2. The lowest BCUT2D eigenvalue weighted by atomic mass is 10.1. The molecule has 2 aromatic carbocycles. The SMILES string of the molecule is COc1cc2nc(Nc3nc4c(C)cc(N(C)C)c(OC(=O)C(F)(F)F)c4c(=O)[nH]3)nc(C)c2cc1OC. The molecule has 14 heteroatoms. The van der Waals surface area contributed by atoms with Crippen molar-refractivity contribution in [2.45, 2.75) is 20.0 Å². The van der Waals surface area contributed by atoms with Crippen LogP contribution in [0.5, 0.6) is 17.2 Å². The molecule has 0 atom stereocenters. The van der Waals surface area contributed by atoms with E-state index in [1.807, 2.05) is 0 Å². The van der Waals surface area contributed by atoms with Crippen LogP contribution in [0, 0.1) is 13.8 Å². The number of rotatable bonds is 6. The molecular weight excluding hydrogens is 509 g/mol. The van der Waals surface area contributed by atoms with Crippen molar-refractivity contribution in [3.8, 4) is 17.2 Å². The standard InChI is InChI=1S/C24H23F3N6O5/c1-10-7-14(33(3)4)19(38-21(35)24(25,26)27)17-18(10)30-23(31-20(17)34)32-22-28-11(2)12-8-15(36-5)16(37-6)9-13(12)29-22/h7-9H,1-6H3,(H2,28,29,30,31,32,34). The van der Waals surface area contributed by atoms with Gasteiger partial charge in [0.1, 0.15) is 5.39 Å². The number of nitrogens with zero attached hydrogens (tertiary/aromatic N) is 4. The Morgan fingerprint density at radius 2 is 1.68 bits per heavy atom. The van der Waals surface area contributed by atoms with Crippen molar-refractivity contribution in [3.05, 3.63) is 39.8 Å². The molecule has 2 heterocycles. The van der Waals surface area contributed by atoms with Gasteiger partial charge in [-0.15, -0.1) is 0 Å². The summed E-state index contributed by atoms with van der Waals surface area (Å²) in [6, 6.07) is 4.87. The molecule has 38 heavy (non-hydrogen) atoms. The number of carbonyl (C=O) groups excluding carboxylic acids is 1. The number of hydrogen-bond donors (Lipinski definition) is 2. The van der Waals surface area contributed by atoms with E-state index in [1.165, 1.54) is 39.3 Å². The van der Waals surface area contributed by atoms with Crippen LogP contribution < -0.4 is 30.0 Å².